The van der Waals surface area contributed by atoms with Crippen molar-refractivity contribution in [2.75, 3.05) is 26.2 Å². The topological polar surface area (TPSA) is 76.2 Å². The van der Waals surface area contributed by atoms with E-state index in [9.17, 15) is 4.79 Å². The Kier molecular flexibility index (Phi) is 5.92. The van der Waals surface area contributed by atoms with E-state index in [1.807, 2.05) is 10.8 Å². The van der Waals surface area contributed by atoms with Crippen LogP contribution in [-0.2, 0) is 0 Å². The molecule has 2 fully saturated rings. The normalized spacial score (nSPS) is 28.9. The number of carbonyl (C=O) groups is 1. The molecule has 3 heterocycles. The summed E-state index contributed by atoms with van der Waals surface area (Å²) in [5.41, 5.74) is 8.94. The highest BCUT2D eigenvalue weighted by atomic mass is 16.2. The number of nitrogens with one attached hydrogen (secondary N) is 1. The zero-order valence-electron chi connectivity index (χ0n) is 18.1. The van der Waals surface area contributed by atoms with Crippen LogP contribution in [0.5, 0.6) is 0 Å². The molecule has 0 spiro atoms. The first-order valence-corrected chi connectivity index (χ1v) is 11.8. The third kappa shape index (κ3) is 4.19. The third-order valence-corrected chi connectivity index (χ3v) is 7.25. The van der Waals surface area contributed by atoms with Crippen LogP contribution >= 0.6 is 0 Å². The van der Waals surface area contributed by atoms with E-state index >= 15 is 0 Å². The molecule has 2 aliphatic carbocycles. The van der Waals surface area contributed by atoms with Gasteiger partial charge in [-0.05, 0) is 63.1 Å². The van der Waals surface area contributed by atoms with Gasteiger partial charge >= 0.3 is 0 Å². The lowest BCUT2D eigenvalue weighted by atomic mass is 9.86. The molecule has 3 N–H and O–H groups in total. The van der Waals surface area contributed by atoms with Crippen molar-refractivity contribution in [3.63, 3.8) is 0 Å². The monoisotopic (exact) mass is 419 g/mol. The van der Waals surface area contributed by atoms with E-state index in [0.29, 0.717) is 17.8 Å². The van der Waals surface area contributed by atoms with Gasteiger partial charge in [0.15, 0.2) is 0 Å². The minimum absolute atomic E-state index is 0.0629. The lowest BCUT2D eigenvalue weighted by molar-refractivity contribution is 0.0782. The fraction of sp³-hybridized carbons (Fsp3) is 0.520. The van der Waals surface area contributed by atoms with Crippen LogP contribution in [0.15, 0.2) is 48.7 Å². The Hall–Kier alpha value is -2.44. The number of carbonyl (C=O) groups excluding carboxylic acids is 1. The quantitative estimate of drug-likeness (QED) is 0.786. The van der Waals surface area contributed by atoms with E-state index in [4.69, 9.17) is 10.8 Å². The summed E-state index contributed by atoms with van der Waals surface area (Å²) in [6.07, 6.45) is 21.9. The molecule has 2 saturated heterocycles. The number of likely N-dealkylation sites (tertiary alicyclic amines) is 1. The van der Waals surface area contributed by atoms with Crippen LogP contribution in [0, 0.1) is 11.8 Å². The molecule has 5 rings (SSSR count). The zero-order chi connectivity index (χ0) is 21.2. The van der Waals surface area contributed by atoms with Crippen LogP contribution in [0.1, 0.15) is 54.1 Å². The summed E-state index contributed by atoms with van der Waals surface area (Å²) in [5, 5.41) is 8.15. The van der Waals surface area contributed by atoms with Gasteiger partial charge in [0.2, 0.25) is 0 Å². The Morgan fingerprint density at radius 2 is 2.00 bits per heavy atom. The Labute approximate surface area is 184 Å². The van der Waals surface area contributed by atoms with Crippen molar-refractivity contribution in [1.82, 2.24) is 20.0 Å². The van der Waals surface area contributed by atoms with Crippen molar-refractivity contribution in [1.29, 1.82) is 0 Å². The summed E-state index contributed by atoms with van der Waals surface area (Å²) < 4.78 is 2.01. The van der Waals surface area contributed by atoms with Gasteiger partial charge in [-0.15, -0.1) is 0 Å². The molecule has 1 amide bonds. The van der Waals surface area contributed by atoms with Gasteiger partial charge < -0.3 is 16.0 Å². The minimum Gasteiger partial charge on any atom is -0.338 e. The molecule has 164 valence electrons. The van der Waals surface area contributed by atoms with Crippen molar-refractivity contribution in [2.45, 2.75) is 44.1 Å². The molecule has 1 aromatic heterocycles. The molecule has 3 atom stereocenters. The molecule has 2 unspecified atom stereocenters. The predicted molar refractivity (Wildman–Crippen MR) is 123 cm³/mol. The standard InChI is InChI=1S/C25H33N5O/c26-21-6-8-22(9-7-21)30-24(19-10-13-27-14-11-19)23(16-28-30)25(31)29-15-12-20(17-29)18-4-2-1-3-5-18/h1-4,6,8-9,16,18-21,27H,5,7,10-15,17,26H2/t18?,20-,21?/m0/s1. The smallest absolute Gasteiger partial charge is 0.257 e. The van der Waals surface area contributed by atoms with E-state index in [2.05, 4.69) is 46.7 Å². The minimum atomic E-state index is 0.0629. The van der Waals surface area contributed by atoms with Gasteiger partial charge in [0, 0.05) is 25.0 Å². The highest BCUT2D eigenvalue weighted by Gasteiger charge is 2.34. The highest BCUT2D eigenvalue weighted by molar-refractivity contribution is 5.96. The van der Waals surface area contributed by atoms with Crippen molar-refractivity contribution >= 4 is 11.6 Å². The summed E-state index contributed by atoms with van der Waals surface area (Å²) in [6, 6.07) is 0.0629. The van der Waals surface area contributed by atoms with Gasteiger partial charge in [0.05, 0.1) is 23.2 Å². The van der Waals surface area contributed by atoms with Crippen LogP contribution < -0.4 is 11.1 Å². The number of nitrogens with zero attached hydrogens (tertiary/aromatic N) is 3. The van der Waals surface area contributed by atoms with Crippen molar-refractivity contribution < 1.29 is 4.79 Å². The summed E-state index contributed by atoms with van der Waals surface area (Å²) in [5.74, 6) is 1.59. The Bertz CT molecular complexity index is 934. The maximum Gasteiger partial charge on any atom is 0.257 e. The molecule has 4 aliphatic rings. The van der Waals surface area contributed by atoms with E-state index in [1.165, 1.54) is 0 Å². The molecule has 0 radical (unpaired) electrons. The molecule has 0 aromatic carbocycles. The van der Waals surface area contributed by atoms with Gasteiger partial charge in [0.25, 0.3) is 5.91 Å². The van der Waals surface area contributed by atoms with Crippen molar-refractivity contribution in [3.8, 4) is 0 Å². The van der Waals surface area contributed by atoms with Gasteiger partial charge in [-0.3, -0.25) is 4.79 Å². The fourth-order valence-corrected chi connectivity index (χ4v) is 5.44. The maximum absolute atomic E-state index is 13.7. The van der Waals surface area contributed by atoms with Crippen molar-refractivity contribution in [2.24, 2.45) is 17.6 Å². The van der Waals surface area contributed by atoms with Crippen LogP contribution in [-0.4, -0.2) is 52.8 Å². The lowest BCUT2D eigenvalue weighted by Gasteiger charge is -2.26. The number of amides is 1. The largest absolute Gasteiger partial charge is 0.338 e. The fourth-order valence-electron chi connectivity index (χ4n) is 5.44. The molecule has 0 bridgehead atoms. The lowest BCUT2D eigenvalue weighted by Crippen LogP contribution is -2.32. The Morgan fingerprint density at radius 1 is 1.13 bits per heavy atom. The molecule has 0 saturated carbocycles. The molecule has 2 aliphatic heterocycles. The second-order valence-electron chi connectivity index (χ2n) is 9.28. The van der Waals surface area contributed by atoms with Gasteiger partial charge in [0.1, 0.15) is 0 Å². The number of hydrogen-bond acceptors (Lipinski definition) is 4. The number of piperidine rings is 1. The van der Waals surface area contributed by atoms with Gasteiger partial charge in [-0.2, -0.15) is 5.10 Å². The summed E-state index contributed by atoms with van der Waals surface area (Å²) in [4.78, 5) is 15.7. The van der Waals surface area contributed by atoms with Crippen LogP contribution in [0.2, 0.25) is 0 Å². The first-order valence-electron chi connectivity index (χ1n) is 11.8. The van der Waals surface area contributed by atoms with Crippen molar-refractivity contribution in [3.05, 3.63) is 60.0 Å². The first kappa shape index (κ1) is 20.5. The number of hydrogen-bond donors (Lipinski definition) is 2. The second kappa shape index (κ2) is 8.97. The van der Waals surface area contributed by atoms with Gasteiger partial charge in [-0.25, -0.2) is 4.68 Å². The van der Waals surface area contributed by atoms with E-state index in [-0.39, 0.29) is 11.9 Å². The summed E-state index contributed by atoms with van der Waals surface area (Å²) in [6.45, 7) is 3.65. The summed E-state index contributed by atoms with van der Waals surface area (Å²) >= 11 is 0. The maximum atomic E-state index is 13.7. The van der Waals surface area contributed by atoms with Crippen LogP contribution in [0.4, 0.5) is 0 Å². The number of rotatable bonds is 4. The van der Waals surface area contributed by atoms with Crippen LogP contribution in [0.25, 0.3) is 5.70 Å². The molecule has 6 heteroatoms. The van der Waals surface area contributed by atoms with E-state index < -0.39 is 0 Å². The number of aromatic nitrogens is 2. The van der Waals surface area contributed by atoms with Gasteiger partial charge in [-0.1, -0.05) is 36.5 Å². The molecule has 6 nitrogen and oxygen atoms in total. The Morgan fingerprint density at radius 3 is 2.74 bits per heavy atom. The number of allylic oxidation sites excluding steroid dienone is 6. The highest BCUT2D eigenvalue weighted by Crippen LogP contribution is 2.34. The predicted octanol–water partition coefficient (Wildman–Crippen LogP) is 3.07. The average molecular weight is 420 g/mol. The molecule has 1 aromatic rings. The zero-order valence-corrected chi connectivity index (χ0v) is 18.1. The number of nitrogens with two attached hydrogens (primary N) is 1. The summed E-state index contributed by atoms with van der Waals surface area (Å²) in [7, 11) is 0. The van der Waals surface area contributed by atoms with Crippen LogP contribution in [0.3, 0.4) is 0 Å². The Balaban J connectivity index is 1.40. The van der Waals surface area contributed by atoms with E-state index in [0.717, 1.165) is 75.2 Å². The molecular formula is C25H33N5O. The third-order valence-electron chi connectivity index (χ3n) is 7.25. The average Bonchev–Trinajstić information content (AvgIpc) is 3.48. The van der Waals surface area contributed by atoms with E-state index in [1.54, 1.807) is 6.20 Å². The second-order valence-corrected chi connectivity index (χ2v) is 9.28. The molecule has 31 heavy (non-hydrogen) atoms. The first-order chi connectivity index (χ1) is 15.2. The SMILES string of the molecule is NC1C=CC(n2ncc(C(=O)N3CC[C@H](C4C=CC=CC4)C3)c2C2CCNCC2)=CC1. The molecular weight excluding hydrogens is 386 g/mol.